The molecule has 0 saturated heterocycles. The Labute approximate surface area is 118 Å². The van der Waals surface area contributed by atoms with E-state index in [9.17, 15) is 9.90 Å². The van der Waals surface area contributed by atoms with Gasteiger partial charge in [0.25, 0.3) is 0 Å². The predicted molar refractivity (Wildman–Crippen MR) is 78.1 cm³/mol. The molecule has 0 radical (unpaired) electrons. The Bertz CT molecular complexity index is 281. The van der Waals surface area contributed by atoms with Crippen molar-refractivity contribution in [2.24, 2.45) is 23.7 Å². The second kappa shape index (κ2) is 7.31. The normalized spacial score (nSPS) is 32.6. The van der Waals surface area contributed by atoms with Crippen molar-refractivity contribution in [1.29, 1.82) is 0 Å². The van der Waals surface area contributed by atoms with E-state index < -0.39 is 5.97 Å². The lowest BCUT2D eigenvalue weighted by Gasteiger charge is -2.34. The van der Waals surface area contributed by atoms with E-state index in [2.05, 4.69) is 6.92 Å². The Morgan fingerprint density at radius 2 is 1.74 bits per heavy atom. The molecule has 110 valence electrons. The molecule has 2 saturated carbocycles. The molecule has 0 heterocycles. The third-order valence-corrected chi connectivity index (χ3v) is 5.53. The number of carboxylic acids is 1. The van der Waals surface area contributed by atoms with Crippen LogP contribution in [0.1, 0.15) is 77.6 Å². The molecule has 0 aromatic rings. The molecule has 2 rings (SSSR count). The fourth-order valence-electron chi connectivity index (χ4n) is 4.42. The molecule has 0 bridgehead atoms. The average Bonchev–Trinajstić information content (AvgIpc) is 2.89. The minimum absolute atomic E-state index is 0.0468. The molecule has 2 heteroatoms. The maximum absolute atomic E-state index is 11.4. The number of carbonyl (C=O) groups is 1. The van der Waals surface area contributed by atoms with Gasteiger partial charge in [0.2, 0.25) is 0 Å². The first-order chi connectivity index (χ1) is 9.20. The molecule has 0 spiro atoms. The van der Waals surface area contributed by atoms with E-state index in [1.54, 1.807) is 0 Å². The van der Waals surface area contributed by atoms with E-state index in [0.717, 1.165) is 24.7 Å². The third kappa shape index (κ3) is 4.22. The molecule has 2 aliphatic carbocycles. The SMILES string of the molecule is CCCC1CCC(C(=O)O)C(CCC2CCCC2)C1. The standard InChI is InChI=1S/C17H30O2/c1-2-5-14-9-11-16(17(18)19)15(12-14)10-8-13-6-3-4-7-13/h13-16H,2-12H2,1H3,(H,18,19). The first-order valence-corrected chi connectivity index (χ1v) is 8.43. The van der Waals surface area contributed by atoms with Gasteiger partial charge in [-0.25, -0.2) is 0 Å². The van der Waals surface area contributed by atoms with Crippen molar-refractivity contribution >= 4 is 5.97 Å². The first-order valence-electron chi connectivity index (χ1n) is 8.43. The van der Waals surface area contributed by atoms with Crippen LogP contribution in [0.2, 0.25) is 0 Å². The Morgan fingerprint density at radius 1 is 1.00 bits per heavy atom. The van der Waals surface area contributed by atoms with Gasteiger partial charge in [-0.15, -0.1) is 0 Å². The summed E-state index contributed by atoms with van der Waals surface area (Å²) in [5.74, 6) is 1.58. The van der Waals surface area contributed by atoms with Crippen molar-refractivity contribution in [2.75, 3.05) is 0 Å². The minimum atomic E-state index is -0.536. The van der Waals surface area contributed by atoms with Crippen LogP contribution < -0.4 is 0 Å². The average molecular weight is 266 g/mol. The van der Waals surface area contributed by atoms with E-state index in [4.69, 9.17) is 0 Å². The summed E-state index contributed by atoms with van der Waals surface area (Å²) in [6.45, 7) is 2.25. The van der Waals surface area contributed by atoms with Crippen molar-refractivity contribution in [3.63, 3.8) is 0 Å². The molecule has 19 heavy (non-hydrogen) atoms. The zero-order valence-corrected chi connectivity index (χ0v) is 12.4. The maximum Gasteiger partial charge on any atom is 0.306 e. The summed E-state index contributed by atoms with van der Waals surface area (Å²) in [5, 5.41) is 9.42. The van der Waals surface area contributed by atoms with Crippen LogP contribution >= 0.6 is 0 Å². The number of hydrogen-bond acceptors (Lipinski definition) is 1. The second-order valence-corrected chi connectivity index (χ2v) is 6.90. The van der Waals surface area contributed by atoms with Gasteiger partial charge in [-0.05, 0) is 43.4 Å². The van der Waals surface area contributed by atoms with E-state index in [0.29, 0.717) is 5.92 Å². The lowest BCUT2D eigenvalue weighted by atomic mass is 9.70. The van der Waals surface area contributed by atoms with Crippen LogP contribution in [-0.2, 0) is 4.79 Å². The Hall–Kier alpha value is -0.530. The molecule has 0 aliphatic heterocycles. The van der Waals surface area contributed by atoms with Crippen LogP contribution in [-0.4, -0.2) is 11.1 Å². The van der Waals surface area contributed by atoms with Gasteiger partial charge in [0.1, 0.15) is 0 Å². The molecule has 3 unspecified atom stereocenters. The van der Waals surface area contributed by atoms with Gasteiger partial charge in [0.05, 0.1) is 5.92 Å². The minimum Gasteiger partial charge on any atom is -0.481 e. The van der Waals surface area contributed by atoms with E-state index in [1.165, 1.54) is 57.8 Å². The van der Waals surface area contributed by atoms with Crippen molar-refractivity contribution < 1.29 is 9.90 Å². The highest BCUT2D eigenvalue weighted by molar-refractivity contribution is 5.70. The molecule has 0 aromatic heterocycles. The number of hydrogen-bond donors (Lipinski definition) is 1. The van der Waals surface area contributed by atoms with Crippen molar-refractivity contribution in [1.82, 2.24) is 0 Å². The zero-order valence-electron chi connectivity index (χ0n) is 12.4. The van der Waals surface area contributed by atoms with Gasteiger partial charge < -0.3 is 5.11 Å². The summed E-state index contributed by atoms with van der Waals surface area (Å²) in [5.41, 5.74) is 0. The molecular weight excluding hydrogens is 236 g/mol. The molecule has 0 amide bonds. The smallest absolute Gasteiger partial charge is 0.306 e. The summed E-state index contributed by atoms with van der Waals surface area (Å²) in [4.78, 5) is 11.4. The first kappa shape index (κ1) is 14.9. The molecule has 1 N–H and O–H groups in total. The lowest BCUT2D eigenvalue weighted by molar-refractivity contribution is -0.145. The molecule has 2 fully saturated rings. The molecule has 3 atom stereocenters. The summed E-state index contributed by atoms with van der Waals surface area (Å²) < 4.78 is 0. The number of rotatable bonds is 6. The summed E-state index contributed by atoms with van der Waals surface area (Å²) in [6, 6.07) is 0. The fourth-order valence-corrected chi connectivity index (χ4v) is 4.42. The van der Waals surface area contributed by atoms with Gasteiger partial charge in [-0.3, -0.25) is 4.79 Å². The Morgan fingerprint density at radius 3 is 2.37 bits per heavy atom. The van der Waals surface area contributed by atoms with Crippen molar-refractivity contribution in [2.45, 2.75) is 77.6 Å². The number of carboxylic acid groups (broad SMARTS) is 1. The van der Waals surface area contributed by atoms with Crippen molar-refractivity contribution in [3.05, 3.63) is 0 Å². The highest BCUT2D eigenvalue weighted by Gasteiger charge is 2.34. The highest BCUT2D eigenvalue weighted by Crippen LogP contribution is 2.40. The van der Waals surface area contributed by atoms with Gasteiger partial charge in [-0.1, -0.05) is 51.9 Å². The Kier molecular flexibility index (Phi) is 5.72. The third-order valence-electron chi connectivity index (χ3n) is 5.53. The van der Waals surface area contributed by atoms with Crippen LogP contribution in [0.5, 0.6) is 0 Å². The van der Waals surface area contributed by atoms with Gasteiger partial charge in [0.15, 0.2) is 0 Å². The molecular formula is C17H30O2. The maximum atomic E-state index is 11.4. The van der Waals surface area contributed by atoms with Crippen LogP contribution in [0.4, 0.5) is 0 Å². The van der Waals surface area contributed by atoms with Crippen LogP contribution in [0, 0.1) is 23.7 Å². The van der Waals surface area contributed by atoms with E-state index in [1.807, 2.05) is 0 Å². The summed E-state index contributed by atoms with van der Waals surface area (Å²) >= 11 is 0. The second-order valence-electron chi connectivity index (χ2n) is 6.90. The Balaban J connectivity index is 1.85. The van der Waals surface area contributed by atoms with Crippen LogP contribution in [0.3, 0.4) is 0 Å². The van der Waals surface area contributed by atoms with Gasteiger partial charge >= 0.3 is 5.97 Å². The quantitative estimate of drug-likeness (QED) is 0.744. The summed E-state index contributed by atoms with van der Waals surface area (Å²) in [6.07, 6.45) is 13.8. The largest absolute Gasteiger partial charge is 0.481 e. The number of aliphatic carboxylic acids is 1. The fraction of sp³-hybridized carbons (Fsp3) is 0.941. The van der Waals surface area contributed by atoms with Crippen LogP contribution in [0.25, 0.3) is 0 Å². The predicted octanol–water partition coefficient (Wildman–Crippen LogP) is 4.87. The topological polar surface area (TPSA) is 37.3 Å². The van der Waals surface area contributed by atoms with E-state index in [-0.39, 0.29) is 5.92 Å². The molecule has 0 aromatic carbocycles. The zero-order chi connectivity index (χ0) is 13.7. The van der Waals surface area contributed by atoms with Crippen LogP contribution in [0.15, 0.2) is 0 Å². The van der Waals surface area contributed by atoms with Crippen molar-refractivity contribution in [3.8, 4) is 0 Å². The monoisotopic (exact) mass is 266 g/mol. The van der Waals surface area contributed by atoms with E-state index >= 15 is 0 Å². The van der Waals surface area contributed by atoms with Gasteiger partial charge in [0, 0.05) is 0 Å². The molecule has 2 nitrogen and oxygen atoms in total. The highest BCUT2D eigenvalue weighted by atomic mass is 16.4. The van der Waals surface area contributed by atoms with Gasteiger partial charge in [-0.2, -0.15) is 0 Å². The summed E-state index contributed by atoms with van der Waals surface area (Å²) in [7, 11) is 0. The lowest BCUT2D eigenvalue weighted by Crippen LogP contribution is -2.31. The molecule has 2 aliphatic rings.